The highest BCUT2D eigenvalue weighted by atomic mass is 16.3. The lowest BCUT2D eigenvalue weighted by molar-refractivity contribution is 0.0933. The van der Waals surface area contributed by atoms with Crippen molar-refractivity contribution in [3.63, 3.8) is 0 Å². The number of nitroso groups, excluding NO2 is 1. The second-order valence-electron chi connectivity index (χ2n) is 5.05. The largest absolute Gasteiger partial charge is 0.391 e. The predicted octanol–water partition coefficient (Wildman–Crippen LogP) is 3.36. The summed E-state index contributed by atoms with van der Waals surface area (Å²) in [5.74, 6) is 0.673. The van der Waals surface area contributed by atoms with Gasteiger partial charge in [-0.2, -0.15) is 4.91 Å². The summed E-state index contributed by atoms with van der Waals surface area (Å²) in [6.07, 6.45) is 3.41. The second kappa shape index (κ2) is 6.94. The SMILES string of the molecule is CCC(C)CC(C)(CC)CC(O)CN=O. The van der Waals surface area contributed by atoms with Crippen LogP contribution >= 0.6 is 0 Å². The van der Waals surface area contributed by atoms with Gasteiger partial charge in [-0.05, 0) is 24.2 Å². The van der Waals surface area contributed by atoms with Crippen LogP contribution in [0.4, 0.5) is 0 Å². The van der Waals surface area contributed by atoms with Gasteiger partial charge in [0, 0.05) is 0 Å². The maximum atomic E-state index is 10.1. The van der Waals surface area contributed by atoms with E-state index in [0.717, 1.165) is 19.3 Å². The summed E-state index contributed by atoms with van der Waals surface area (Å²) >= 11 is 0. The molecule has 0 aromatic rings. The van der Waals surface area contributed by atoms with Crippen LogP contribution < -0.4 is 0 Å². The van der Waals surface area contributed by atoms with Crippen LogP contribution in [0.2, 0.25) is 0 Å². The molecule has 0 aliphatic rings. The van der Waals surface area contributed by atoms with E-state index >= 15 is 0 Å². The van der Waals surface area contributed by atoms with Crippen LogP contribution in [0.1, 0.15) is 53.4 Å². The molecule has 0 saturated heterocycles. The third-order valence-corrected chi connectivity index (χ3v) is 3.41. The van der Waals surface area contributed by atoms with Crippen molar-refractivity contribution in [2.75, 3.05) is 6.54 Å². The summed E-state index contributed by atoms with van der Waals surface area (Å²) in [6.45, 7) is 8.77. The molecule has 3 atom stereocenters. The van der Waals surface area contributed by atoms with Crippen molar-refractivity contribution in [3.05, 3.63) is 4.91 Å². The van der Waals surface area contributed by atoms with Gasteiger partial charge in [0.1, 0.15) is 6.54 Å². The third kappa shape index (κ3) is 5.88. The summed E-state index contributed by atoms with van der Waals surface area (Å²) in [5, 5.41) is 12.4. The van der Waals surface area contributed by atoms with Gasteiger partial charge in [-0.15, -0.1) is 0 Å². The summed E-state index contributed by atoms with van der Waals surface area (Å²) in [7, 11) is 0. The third-order valence-electron chi connectivity index (χ3n) is 3.41. The van der Waals surface area contributed by atoms with E-state index in [0.29, 0.717) is 12.3 Å². The first-order chi connectivity index (χ1) is 6.97. The summed E-state index contributed by atoms with van der Waals surface area (Å²) < 4.78 is 0. The maximum absolute atomic E-state index is 10.1. The average Bonchev–Trinajstić information content (AvgIpc) is 2.17. The minimum absolute atomic E-state index is 0.0239. The van der Waals surface area contributed by atoms with E-state index in [-0.39, 0.29) is 12.0 Å². The van der Waals surface area contributed by atoms with Crippen molar-refractivity contribution in [3.8, 4) is 0 Å². The van der Waals surface area contributed by atoms with Crippen LogP contribution in [0, 0.1) is 16.2 Å². The molecule has 1 N–H and O–H groups in total. The van der Waals surface area contributed by atoms with Crippen LogP contribution in [-0.2, 0) is 0 Å². The van der Waals surface area contributed by atoms with Crippen LogP contribution in [0.15, 0.2) is 5.18 Å². The first-order valence-corrected chi connectivity index (χ1v) is 5.94. The van der Waals surface area contributed by atoms with Crippen LogP contribution in [0.5, 0.6) is 0 Å². The van der Waals surface area contributed by atoms with E-state index in [9.17, 15) is 10.0 Å². The molecular formula is C12H25NO2. The van der Waals surface area contributed by atoms with Crippen molar-refractivity contribution in [2.24, 2.45) is 16.5 Å². The van der Waals surface area contributed by atoms with Crippen molar-refractivity contribution in [1.82, 2.24) is 0 Å². The first kappa shape index (κ1) is 14.6. The van der Waals surface area contributed by atoms with Gasteiger partial charge in [0.15, 0.2) is 0 Å². The Hall–Kier alpha value is -0.440. The van der Waals surface area contributed by atoms with E-state index < -0.39 is 6.10 Å². The van der Waals surface area contributed by atoms with Gasteiger partial charge in [0.25, 0.3) is 0 Å². The Morgan fingerprint density at radius 1 is 1.33 bits per heavy atom. The Balaban J connectivity index is 4.22. The number of rotatable bonds is 8. The number of nitrogens with zero attached hydrogens (tertiary/aromatic N) is 1. The van der Waals surface area contributed by atoms with Gasteiger partial charge >= 0.3 is 0 Å². The smallest absolute Gasteiger partial charge is 0.107 e. The molecule has 3 nitrogen and oxygen atoms in total. The molecule has 0 aliphatic heterocycles. The van der Waals surface area contributed by atoms with Crippen molar-refractivity contribution >= 4 is 0 Å². The minimum Gasteiger partial charge on any atom is -0.391 e. The zero-order valence-corrected chi connectivity index (χ0v) is 10.5. The van der Waals surface area contributed by atoms with Gasteiger partial charge in [0.05, 0.1) is 6.10 Å². The molecule has 0 radical (unpaired) electrons. The van der Waals surface area contributed by atoms with E-state index in [4.69, 9.17) is 0 Å². The molecule has 0 bridgehead atoms. The Morgan fingerprint density at radius 3 is 2.33 bits per heavy atom. The van der Waals surface area contributed by atoms with Gasteiger partial charge in [-0.25, -0.2) is 0 Å². The lowest BCUT2D eigenvalue weighted by atomic mass is 9.74. The monoisotopic (exact) mass is 215 g/mol. The molecule has 3 heteroatoms. The highest BCUT2D eigenvalue weighted by molar-refractivity contribution is 4.79. The quantitative estimate of drug-likeness (QED) is 0.631. The van der Waals surface area contributed by atoms with Gasteiger partial charge in [-0.1, -0.05) is 45.7 Å². The Labute approximate surface area is 93.2 Å². The van der Waals surface area contributed by atoms with E-state index in [1.54, 1.807) is 0 Å². The number of aliphatic hydroxyl groups excluding tert-OH is 1. The first-order valence-electron chi connectivity index (χ1n) is 5.94. The maximum Gasteiger partial charge on any atom is 0.107 e. The molecular weight excluding hydrogens is 190 g/mol. The second-order valence-corrected chi connectivity index (χ2v) is 5.05. The van der Waals surface area contributed by atoms with Gasteiger partial charge in [-0.3, -0.25) is 0 Å². The van der Waals surface area contributed by atoms with Crippen LogP contribution in [-0.4, -0.2) is 17.8 Å². The summed E-state index contributed by atoms with van der Waals surface area (Å²) in [4.78, 5) is 10.1. The van der Waals surface area contributed by atoms with E-state index in [1.165, 1.54) is 0 Å². The number of hydrogen-bond acceptors (Lipinski definition) is 3. The Morgan fingerprint density at radius 2 is 1.93 bits per heavy atom. The standard InChI is InChI=1S/C12H25NO2/c1-5-10(3)7-12(4,6-2)8-11(14)9-13-15/h10-11,14H,5-9H2,1-4H3. The fourth-order valence-corrected chi connectivity index (χ4v) is 2.08. The molecule has 0 amide bonds. The van der Waals surface area contributed by atoms with E-state index in [2.05, 4.69) is 32.9 Å². The molecule has 0 aromatic heterocycles. The molecule has 0 aromatic carbocycles. The zero-order chi connectivity index (χ0) is 11.9. The average molecular weight is 215 g/mol. The van der Waals surface area contributed by atoms with Gasteiger partial charge in [0.2, 0.25) is 0 Å². The van der Waals surface area contributed by atoms with Gasteiger partial charge < -0.3 is 5.11 Å². The zero-order valence-electron chi connectivity index (χ0n) is 10.5. The molecule has 15 heavy (non-hydrogen) atoms. The lowest BCUT2D eigenvalue weighted by Gasteiger charge is -2.32. The van der Waals surface area contributed by atoms with Crippen LogP contribution in [0.3, 0.4) is 0 Å². The molecule has 3 unspecified atom stereocenters. The highest BCUT2D eigenvalue weighted by Gasteiger charge is 2.27. The molecule has 0 rings (SSSR count). The summed E-state index contributed by atoms with van der Waals surface area (Å²) in [6, 6.07) is 0. The molecule has 90 valence electrons. The van der Waals surface area contributed by atoms with Crippen molar-refractivity contribution in [2.45, 2.75) is 59.5 Å². The van der Waals surface area contributed by atoms with Crippen molar-refractivity contribution in [1.29, 1.82) is 0 Å². The van der Waals surface area contributed by atoms with E-state index in [1.807, 2.05) is 0 Å². The van der Waals surface area contributed by atoms with Crippen molar-refractivity contribution < 1.29 is 5.11 Å². The number of hydrogen-bond donors (Lipinski definition) is 1. The Kier molecular flexibility index (Phi) is 6.73. The predicted molar refractivity (Wildman–Crippen MR) is 63.8 cm³/mol. The highest BCUT2D eigenvalue weighted by Crippen LogP contribution is 2.35. The molecule has 0 saturated carbocycles. The lowest BCUT2D eigenvalue weighted by Crippen LogP contribution is -2.26. The molecule has 0 spiro atoms. The Bertz CT molecular complexity index is 184. The van der Waals surface area contributed by atoms with Crippen LogP contribution in [0.25, 0.3) is 0 Å². The fraction of sp³-hybridized carbons (Fsp3) is 1.00. The normalized spacial score (nSPS) is 19.3. The molecule has 0 heterocycles. The fourth-order valence-electron chi connectivity index (χ4n) is 2.08. The number of aliphatic hydroxyl groups is 1. The topological polar surface area (TPSA) is 49.7 Å². The minimum atomic E-state index is -0.573. The molecule has 0 aliphatic carbocycles. The molecule has 0 fully saturated rings. The summed E-state index contributed by atoms with van der Waals surface area (Å²) in [5.41, 5.74) is 0.138.